The third kappa shape index (κ3) is 2.47. The van der Waals surface area contributed by atoms with Crippen LogP contribution in [0.25, 0.3) is 0 Å². The van der Waals surface area contributed by atoms with Gasteiger partial charge in [-0.1, -0.05) is 0 Å². The van der Waals surface area contributed by atoms with Crippen molar-refractivity contribution in [1.29, 1.82) is 0 Å². The molecule has 0 radical (unpaired) electrons. The SMILES string of the molecule is C[C@H]1C[C@H]2CN(S(=O)(=O)c3ccc(F)cc3)CC[C@H]2O1. The van der Waals surface area contributed by atoms with E-state index in [1.807, 2.05) is 6.92 Å². The number of halogens is 1. The quantitative estimate of drug-likeness (QED) is 0.839. The van der Waals surface area contributed by atoms with Crippen molar-refractivity contribution in [3.63, 3.8) is 0 Å². The van der Waals surface area contributed by atoms with Crippen molar-refractivity contribution in [2.24, 2.45) is 5.92 Å². The number of sulfonamides is 1. The number of piperidine rings is 1. The van der Waals surface area contributed by atoms with Gasteiger partial charge in [0.1, 0.15) is 5.82 Å². The molecule has 0 aliphatic carbocycles. The molecule has 0 spiro atoms. The second-order valence-electron chi connectivity index (χ2n) is 5.59. The van der Waals surface area contributed by atoms with Gasteiger partial charge in [0.25, 0.3) is 0 Å². The van der Waals surface area contributed by atoms with E-state index < -0.39 is 15.8 Å². The minimum atomic E-state index is -3.52. The summed E-state index contributed by atoms with van der Waals surface area (Å²) in [7, 11) is -3.52. The van der Waals surface area contributed by atoms with E-state index in [9.17, 15) is 12.8 Å². The van der Waals surface area contributed by atoms with E-state index in [1.165, 1.54) is 28.6 Å². The van der Waals surface area contributed by atoms with Crippen molar-refractivity contribution in [2.75, 3.05) is 13.1 Å². The van der Waals surface area contributed by atoms with Gasteiger partial charge in [0.05, 0.1) is 17.1 Å². The highest BCUT2D eigenvalue weighted by Crippen LogP contribution is 2.34. The first kappa shape index (κ1) is 14.0. The summed E-state index contributed by atoms with van der Waals surface area (Å²) >= 11 is 0. The Morgan fingerprint density at radius 3 is 2.70 bits per heavy atom. The van der Waals surface area contributed by atoms with E-state index in [4.69, 9.17) is 4.74 Å². The maximum Gasteiger partial charge on any atom is 0.243 e. The van der Waals surface area contributed by atoms with Crippen molar-refractivity contribution in [3.8, 4) is 0 Å². The van der Waals surface area contributed by atoms with Crippen LogP contribution in [0.2, 0.25) is 0 Å². The first-order valence-corrected chi connectivity index (χ1v) is 8.32. The molecule has 0 unspecified atom stereocenters. The average Bonchev–Trinajstić information content (AvgIpc) is 2.78. The van der Waals surface area contributed by atoms with Crippen LogP contribution in [0.5, 0.6) is 0 Å². The van der Waals surface area contributed by atoms with Crippen molar-refractivity contribution in [1.82, 2.24) is 4.31 Å². The summed E-state index contributed by atoms with van der Waals surface area (Å²) in [5.74, 6) is -0.158. The Balaban J connectivity index is 1.80. The van der Waals surface area contributed by atoms with Gasteiger partial charge in [-0.05, 0) is 44.0 Å². The molecule has 4 nitrogen and oxygen atoms in total. The molecule has 3 atom stereocenters. The molecule has 110 valence electrons. The molecule has 0 N–H and O–H groups in total. The summed E-state index contributed by atoms with van der Waals surface area (Å²) < 4.78 is 45.3. The summed E-state index contributed by atoms with van der Waals surface area (Å²) in [5.41, 5.74) is 0. The van der Waals surface area contributed by atoms with Crippen LogP contribution in [0, 0.1) is 11.7 Å². The van der Waals surface area contributed by atoms with Crippen LogP contribution < -0.4 is 0 Å². The largest absolute Gasteiger partial charge is 0.375 e. The van der Waals surface area contributed by atoms with E-state index in [-0.39, 0.29) is 23.0 Å². The normalized spacial score (nSPS) is 31.2. The van der Waals surface area contributed by atoms with Gasteiger partial charge in [0, 0.05) is 19.0 Å². The van der Waals surface area contributed by atoms with Crippen LogP contribution in [-0.2, 0) is 14.8 Å². The molecule has 0 bridgehead atoms. The number of hydrogen-bond donors (Lipinski definition) is 0. The highest BCUT2D eigenvalue weighted by Gasteiger charge is 2.40. The molecule has 0 saturated carbocycles. The minimum Gasteiger partial charge on any atom is -0.375 e. The first-order chi connectivity index (χ1) is 9.46. The smallest absolute Gasteiger partial charge is 0.243 e. The molecule has 6 heteroatoms. The lowest BCUT2D eigenvalue weighted by atomic mass is 9.94. The zero-order valence-corrected chi connectivity index (χ0v) is 12.1. The summed E-state index contributed by atoms with van der Waals surface area (Å²) in [5, 5.41) is 0. The van der Waals surface area contributed by atoms with Gasteiger partial charge in [0.2, 0.25) is 10.0 Å². The molecule has 2 aliphatic heterocycles. The fraction of sp³-hybridized carbons (Fsp3) is 0.571. The first-order valence-electron chi connectivity index (χ1n) is 6.88. The molecular weight excluding hydrogens is 281 g/mol. The summed E-state index contributed by atoms with van der Waals surface area (Å²) in [6.07, 6.45) is 2.03. The second-order valence-corrected chi connectivity index (χ2v) is 7.52. The molecule has 1 aromatic rings. The Morgan fingerprint density at radius 1 is 1.30 bits per heavy atom. The van der Waals surface area contributed by atoms with E-state index in [1.54, 1.807) is 0 Å². The molecule has 0 aromatic heterocycles. The third-order valence-corrected chi connectivity index (χ3v) is 6.00. The standard InChI is InChI=1S/C14H18FNO3S/c1-10-8-11-9-16(7-6-14(11)19-10)20(17,18)13-4-2-12(15)3-5-13/h2-5,10-11,14H,6-9H2,1H3/t10-,11-,14+/m0/s1. The monoisotopic (exact) mass is 299 g/mol. The number of rotatable bonds is 2. The van der Waals surface area contributed by atoms with Crippen LogP contribution in [0.15, 0.2) is 29.2 Å². The number of ether oxygens (including phenoxy) is 1. The molecule has 3 rings (SSSR count). The van der Waals surface area contributed by atoms with Gasteiger partial charge in [-0.25, -0.2) is 12.8 Å². The topological polar surface area (TPSA) is 46.6 Å². The van der Waals surface area contributed by atoms with Crippen molar-refractivity contribution in [2.45, 2.75) is 36.9 Å². The number of fused-ring (bicyclic) bond motifs is 1. The molecule has 0 amide bonds. The van der Waals surface area contributed by atoms with Crippen LogP contribution in [0.1, 0.15) is 19.8 Å². The Bertz CT molecular complexity index is 587. The molecule has 2 saturated heterocycles. The molecule has 20 heavy (non-hydrogen) atoms. The molecule has 2 heterocycles. The molecule has 1 aromatic carbocycles. The van der Waals surface area contributed by atoms with E-state index >= 15 is 0 Å². The molecular formula is C14H18FNO3S. The number of benzene rings is 1. The number of nitrogens with zero attached hydrogens (tertiary/aromatic N) is 1. The van der Waals surface area contributed by atoms with E-state index in [0.717, 1.165) is 12.8 Å². The van der Waals surface area contributed by atoms with Gasteiger partial charge in [-0.3, -0.25) is 0 Å². The lowest BCUT2D eigenvalue weighted by Gasteiger charge is -2.33. The fourth-order valence-corrected chi connectivity index (χ4v) is 4.65. The Hall–Kier alpha value is -0.980. The van der Waals surface area contributed by atoms with Gasteiger partial charge in [0.15, 0.2) is 0 Å². The second kappa shape index (κ2) is 5.09. The lowest BCUT2D eigenvalue weighted by molar-refractivity contribution is 0.0206. The fourth-order valence-electron chi connectivity index (χ4n) is 3.14. The lowest BCUT2D eigenvalue weighted by Crippen LogP contribution is -2.44. The third-order valence-electron chi connectivity index (χ3n) is 4.12. The zero-order valence-electron chi connectivity index (χ0n) is 11.3. The molecule has 2 aliphatic rings. The van der Waals surface area contributed by atoms with Crippen LogP contribution in [-0.4, -0.2) is 38.0 Å². The highest BCUT2D eigenvalue weighted by molar-refractivity contribution is 7.89. The van der Waals surface area contributed by atoms with Gasteiger partial charge < -0.3 is 4.74 Å². The number of hydrogen-bond acceptors (Lipinski definition) is 3. The average molecular weight is 299 g/mol. The van der Waals surface area contributed by atoms with Crippen LogP contribution in [0.4, 0.5) is 4.39 Å². The Labute approximate surface area is 118 Å². The van der Waals surface area contributed by atoms with Crippen LogP contribution in [0.3, 0.4) is 0 Å². The maximum atomic E-state index is 12.9. The van der Waals surface area contributed by atoms with E-state index in [2.05, 4.69) is 0 Å². The van der Waals surface area contributed by atoms with Crippen LogP contribution >= 0.6 is 0 Å². The minimum absolute atomic E-state index is 0.157. The van der Waals surface area contributed by atoms with Gasteiger partial charge in [-0.15, -0.1) is 0 Å². The highest BCUT2D eigenvalue weighted by atomic mass is 32.2. The van der Waals surface area contributed by atoms with Gasteiger partial charge in [-0.2, -0.15) is 4.31 Å². The molecule has 2 fully saturated rings. The van der Waals surface area contributed by atoms with Gasteiger partial charge >= 0.3 is 0 Å². The summed E-state index contributed by atoms with van der Waals surface area (Å²) in [4.78, 5) is 0.157. The van der Waals surface area contributed by atoms with E-state index in [0.29, 0.717) is 13.1 Å². The Morgan fingerprint density at radius 2 is 2.00 bits per heavy atom. The van der Waals surface area contributed by atoms with Crippen molar-refractivity contribution >= 4 is 10.0 Å². The van der Waals surface area contributed by atoms with Crippen molar-refractivity contribution in [3.05, 3.63) is 30.1 Å². The maximum absolute atomic E-state index is 12.9. The summed E-state index contributed by atoms with van der Waals surface area (Å²) in [6, 6.07) is 5.01. The van der Waals surface area contributed by atoms with Crippen molar-refractivity contribution < 1.29 is 17.5 Å². The predicted octanol–water partition coefficient (Wildman–Crippen LogP) is 2.01. The zero-order chi connectivity index (χ0) is 14.3. The Kier molecular flexibility index (Phi) is 3.56. The summed E-state index contributed by atoms with van der Waals surface area (Å²) in [6.45, 7) is 2.99. The predicted molar refractivity (Wildman–Crippen MR) is 72.2 cm³/mol.